The van der Waals surface area contributed by atoms with Crippen molar-refractivity contribution in [1.82, 2.24) is 4.78 Å². The van der Waals surface area contributed by atoms with Gasteiger partial charge in [-0.05, 0) is 66.2 Å². The Morgan fingerprint density at radius 2 is 1.29 bits per heavy atom. The highest BCUT2D eigenvalue weighted by atomic mass is 35.5. The van der Waals surface area contributed by atoms with Gasteiger partial charge in [-0.25, -0.2) is 0 Å². The molecule has 0 unspecified atom stereocenters. The minimum atomic E-state index is -3.63. The molecule has 0 aliphatic carbocycles. The van der Waals surface area contributed by atoms with Crippen molar-refractivity contribution in [3.63, 3.8) is 0 Å². The highest BCUT2D eigenvalue weighted by molar-refractivity contribution is 7.77. The average molecular weight is 474 g/mol. The predicted molar refractivity (Wildman–Crippen MR) is 131 cm³/mol. The molecule has 0 aromatic heterocycles. The number of carbonyl (C=O) groups excluding carboxylic acids is 1. The van der Waals surface area contributed by atoms with Crippen LogP contribution in [0.4, 0.5) is 5.69 Å². The van der Waals surface area contributed by atoms with Crippen LogP contribution in [-0.4, -0.2) is 31.0 Å². The first-order valence-corrected chi connectivity index (χ1v) is 11.9. The van der Waals surface area contributed by atoms with E-state index in [4.69, 9.17) is 23.2 Å². The molecule has 3 rings (SSSR count). The molecule has 0 saturated carbocycles. The predicted octanol–water partition coefficient (Wildman–Crippen LogP) is 5.17. The van der Waals surface area contributed by atoms with Crippen molar-refractivity contribution in [2.45, 2.75) is 6.92 Å². The quantitative estimate of drug-likeness (QED) is 0.282. The van der Waals surface area contributed by atoms with Crippen LogP contribution < -0.4 is 15.5 Å². The monoisotopic (exact) mass is 473 g/mol. The molecule has 31 heavy (non-hydrogen) atoms. The SMILES string of the molecule is CC(=O)N(/N=C\c1ccc(N(C)C)cc1)P(=O)(c1ccc(Cl)cc1)c1ccc(Cl)cc1. The third-order valence-electron chi connectivity index (χ3n) is 4.63. The number of nitrogens with zero attached hydrogens (tertiary/aromatic N) is 3. The van der Waals surface area contributed by atoms with Gasteiger partial charge in [0.1, 0.15) is 0 Å². The minimum Gasteiger partial charge on any atom is -0.378 e. The fourth-order valence-corrected chi connectivity index (χ4v) is 5.67. The molecule has 8 heteroatoms. The molecule has 0 spiro atoms. The summed E-state index contributed by atoms with van der Waals surface area (Å²) in [4.78, 5) is 14.6. The van der Waals surface area contributed by atoms with Crippen LogP contribution in [0.5, 0.6) is 0 Å². The van der Waals surface area contributed by atoms with E-state index in [0.29, 0.717) is 20.7 Å². The molecule has 5 nitrogen and oxygen atoms in total. The summed E-state index contributed by atoms with van der Waals surface area (Å²) in [5, 5.41) is 6.24. The molecule has 0 fully saturated rings. The second-order valence-corrected chi connectivity index (χ2v) is 10.5. The van der Waals surface area contributed by atoms with Crippen LogP contribution in [0.15, 0.2) is 77.9 Å². The third-order valence-corrected chi connectivity index (χ3v) is 8.05. The molecule has 0 saturated heterocycles. The first kappa shape index (κ1) is 23.1. The molecule has 0 bridgehead atoms. The van der Waals surface area contributed by atoms with Crippen molar-refractivity contribution in [1.29, 1.82) is 0 Å². The van der Waals surface area contributed by atoms with Gasteiger partial charge in [0.25, 0.3) is 7.29 Å². The van der Waals surface area contributed by atoms with Crippen molar-refractivity contribution in [3.05, 3.63) is 88.4 Å². The number of rotatable bonds is 6. The minimum absolute atomic E-state index is 0.439. The maximum atomic E-state index is 14.4. The Morgan fingerprint density at radius 1 is 0.839 bits per heavy atom. The topological polar surface area (TPSA) is 53.0 Å². The highest BCUT2D eigenvalue weighted by Crippen LogP contribution is 2.48. The smallest absolute Gasteiger partial charge is 0.251 e. The Labute approximate surface area is 192 Å². The van der Waals surface area contributed by atoms with E-state index in [1.165, 1.54) is 13.1 Å². The maximum absolute atomic E-state index is 14.4. The van der Waals surface area contributed by atoms with Gasteiger partial charge in [0.05, 0.1) is 6.21 Å². The van der Waals surface area contributed by atoms with Gasteiger partial charge < -0.3 is 4.90 Å². The van der Waals surface area contributed by atoms with Crippen molar-refractivity contribution in [3.8, 4) is 0 Å². The van der Waals surface area contributed by atoms with Crippen LogP contribution in [0.3, 0.4) is 0 Å². The Bertz CT molecular complexity index is 1080. The van der Waals surface area contributed by atoms with E-state index in [2.05, 4.69) is 5.10 Å². The zero-order valence-electron chi connectivity index (χ0n) is 17.4. The molecule has 0 atom stereocenters. The normalized spacial score (nSPS) is 11.5. The second-order valence-electron chi connectivity index (χ2n) is 7.07. The van der Waals surface area contributed by atoms with Crippen LogP contribution in [0.25, 0.3) is 0 Å². The number of anilines is 1. The number of amides is 1. The Morgan fingerprint density at radius 3 is 1.68 bits per heavy atom. The zero-order valence-corrected chi connectivity index (χ0v) is 19.8. The van der Waals surface area contributed by atoms with Crippen molar-refractivity contribution in [2.75, 3.05) is 19.0 Å². The van der Waals surface area contributed by atoms with Crippen molar-refractivity contribution >= 4 is 58.9 Å². The fraction of sp³-hybridized carbons (Fsp3) is 0.130. The van der Waals surface area contributed by atoms with Crippen LogP contribution in [0.2, 0.25) is 10.0 Å². The van der Waals surface area contributed by atoms with Gasteiger partial charge >= 0.3 is 0 Å². The number of hydrogen-bond acceptors (Lipinski definition) is 4. The molecule has 0 radical (unpaired) electrons. The summed E-state index contributed by atoms with van der Waals surface area (Å²) in [5.41, 5.74) is 1.81. The summed E-state index contributed by atoms with van der Waals surface area (Å²) in [6, 6.07) is 20.8. The fourth-order valence-electron chi connectivity index (χ4n) is 2.99. The summed E-state index contributed by atoms with van der Waals surface area (Å²) < 4.78 is 15.5. The van der Waals surface area contributed by atoms with Gasteiger partial charge in [-0.15, -0.1) is 0 Å². The number of carbonyl (C=O) groups is 1. The van der Waals surface area contributed by atoms with Gasteiger partial charge in [0.15, 0.2) is 0 Å². The summed E-state index contributed by atoms with van der Waals surface area (Å²) in [6.45, 7) is 1.34. The molecule has 0 aliphatic heterocycles. The van der Waals surface area contributed by atoms with Crippen molar-refractivity contribution in [2.24, 2.45) is 5.10 Å². The van der Waals surface area contributed by atoms with E-state index >= 15 is 0 Å². The number of halogens is 2. The lowest BCUT2D eigenvalue weighted by Crippen LogP contribution is -2.32. The molecule has 0 N–H and O–H groups in total. The van der Waals surface area contributed by atoms with Gasteiger partial charge in [0, 0.05) is 47.4 Å². The molecule has 0 heterocycles. The number of hydrogen-bond donors (Lipinski definition) is 0. The molecule has 3 aromatic carbocycles. The third kappa shape index (κ3) is 5.19. The lowest BCUT2D eigenvalue weighted by atomic mass is 10.2. The van der Waals surface area contributed by atoms with Crippen molar-refractivity contribution < 1.29 is 9.36 Å². The first-order chi connectivity index (χ1) is 14.7. The highest BCUT2D eigenvalue weighted by Gasteiger charge is 2.37. The standard InChI is InChI=1S/C23H22Cl2N3O2P/c1-17(29)28(26-16-18-4-10-21(11-5-18)27(2)3)31(30,22-12-6-19(24)7-13-22)23-14-8-20(25)9-15-23/h4-16H,1-3H3/b26-16-. The molecular formula is C23H22Cl2N3O2P. The van der Waals surface area contributed by atoms with Crippen LogP contribution in [0.1, 0.15) is 12.5 Å². The van der Waals surface area contributed by atoms with E-state index in [9.17, 15) is 9.36 Å². The summed E-state index contributed by atoms with van der Waals surface area (Å²) in [7, 11) is 0.275. The molecule has 3 aromatic rings. The summed E-state index contributed by atoms with van der Waals surface area (Å²) >= 11 is 12.1. The average Bonchev–Trinajstić information content (AvgIpc) is 2.74. The first-order valence-electron chi connectivity index (χ1n) is 9.46. The van der Waals surface area contributed by atoms with E-state index in [-0.39, 0.29) is 0 Å². The van der Waals surface area contributed by atoms with Crippen LogP contribution >= 0.6 is 30.5 Å². The number of benzene rings is 3. The Kier molecular flexibility index (Phi) is 7.22. The van der Waals surface area contributed by atoms with Crippen LogP contribution in [0, 0.1) is 0 Å². The van der Waals surface area contributed by atoms with E-state index in [1.54, 1.807) is 48.5 Å². The van der Waals surface area contributed by atoms with Gasteiger partial charge in [-0.1, -0.05) is 35.3 Å². The van der Waals surface area contributed by atoms with Gasteiger partial charge in [-0.2, -0.15) is 9.88 Å². The molecule has 1 amide bonds. The maximum Gasteiger partial charge on any atom is 0.251 e. The van der Waals surface area contributed by atoms with E-state index in [1.807, 2.05) is 43.3 Å². The van der Waals surface area contributed by atoms with Crippen LogP contribution in [-0.2, 0) is 9.36 Å². The van der Waals surface area contributed by atoms with E-state index < -0.39 is 13.2 Å². The summed E-state index contributed by atoms with van der Waals surface area (Å²) in [5.74, 6) is -0.450. The summed E-state index contributed by atoms with van der Waals surface area (Å²) in [6.07, 6.45) is 1.53. The van der Waals surface area contributed by atoms with E-state index in [0.717, 1.165) is 16.0 Å². The zero-order chi connectivity index (χ0) is 22.6. The van der Waals surface area contributed by atoms with Gasteiger partial charge in [-0.3, -0.25) is 9.36 Å². The lowest BCUT2D eigenvalue weighted by Gasteiger charge is -2.27. The number of hydrazone groups is 1. The second kappa shape index (κ2) is 9.69. The van der Waals surface area contributed by atoms with Gasteiger partial charge in [0.2, 0.25) is 5.91 Å². The lowest BCUT2D eigenvalue weighted by molar-refractivity contribution is -0.124. The molecule has 0 aliphatic rings. The Balaban J connectivity index is 2.09. The molecule has 160 valence electrons. The Hall–Kier alpha value is -2.59. The molecular weight excluding hydrogens is 452 g/mol. The largest absolute Gasteiger partial charge is 0.378 e.